The standard InChI is InChI=1S/C23H25F3N4O3/c1-13-11-19(20(28-13)16-7-9-18(10-8-16)33-23(24,25)26)21(31)27-12-15-3-5-17(6-4-15)22-30-29-14(2)32-22/h7-11,15,17,28H,3-6,12H2,1-2H3,(H,27,31). The van der Waals surface area contributed by atoms with Crippen LogP contribution in [-0.4, -0.2) is 34.0 Å². The number of alkyl halides is 3. The fourth-order valence-corrected chi connectivity index (χ4v) is 4.24. The first-order chi connectivity index (χ1) is 15.7. The maximum Gasteiger partial charge on any atom is 0.573 e. The van der Waals surface area contributed by atoms with Gasteiger partial charge in [0.15, 0.2) is 0 Å². The van der Waals surface area contributed by atoms with Crippen molar-refractivity contribution in [2.45, 2.75) is 51.8 Å². The van der Waals surface area contributed by atoms with Crippen LogP contribution in [0.15, 0.2) is 34.7 Å². The third-order valence-corrected chi connectivity index (χ3v) is 5.86. The second kappa shape index (κ2) is 9.29. The largest absolute Gasteiger partial charge is 0.573 e. The summed E-state index contributed by atoms with van der Waals surface area (Å²) in [5.41, 5.74) is 2.38. The van der Waals surface area contributed by atoms with E-state index in [1.165, 1.54) is 24.3 Å². The third kappa shape index (κ3) is 5.74. The van der Waals surface area contributed by atoms with Crippen molar-refractivity contribution in [1.82, 2.24) is 20.5 Å². The average Bonchev–Trinajstić information content (AvgIpc) is 3.37. The minimum atomic E-state index is -4.75. The van der Waals surface area contributed by atoms with Crippen molar-refractivity contribution in [3.63, 3.8) is 0 Å². The van der Waals surface area contributed by atoms with Crippen molar-refractivity contribution in [3.05, 3.63) is 53.4 Å². The predicted octanol–water partition coefficient (Wildman–Crippen LogP) is 5.28. The number of carbonyl (C=O) groups excluding carboxylic acids is 1. The van der Waals surface area contributed by atoms with E-state index >= 15 is 0 Å². The number of nitrogens with one attached hydrogen (secondary N) is 2. The van der Waals surface area contributed by atoms with Crippen LogP contribution in [0.25, 0.3) is 11.3 Å². The van der Waals surface area contributed by atoms with Crippen molar-refractivity contribution in [1.29, 1.82) is 0 Å². The lowest BCUT2D eigenvalue weighted by molar-refractivity contribution is -0.274. The molecule has 1 aliphatic rings. The monoisotopic (exact) mass is 462 g/mol. The second-order valence-electron chi connectivity index (χ2n) is 8.40. The third-order valence-electron chi connectivity index (χ3n) is 5.86. The number of halogens is 3. The number of benzene rings is 1. The zero-order valence-corrected chi connectivity index (χ0v) is 18.3. The van der Waals surface area contributed by atoms with Gasteiger partial charge in [0.25, 0.3) is 5.91 Å². The molecule has 0 spiro atoms. The van der Waals surface area contributed by atoms with Crippen LogP contribution in [0.3, 0.4) is 0 Å². The van der Waals surface area contributed by atoms with Crippen LogP contribution in [0.5, 0.6) is 5.75 Å². The molecule has 1 aliphatic carbocycles. The summed E-state index contributed by atoms with van der Waals surface area (Å²) in [6.07, 6.45) is -0.983. The quantitative estimate of drug-likeness (QED) is 0.520. The van der Waals surface area contributed by atoms with Crippen molar-refractivity contribution >= 4 is 5.91 Å². The number of nitrogens with zero attached hydrogens (tertiary/aromatic N) is 2. The first kappa shape index (κ1) is 22.9. The molecule has 2 aromatic heterocycles. The van der Waals surface area contributed by atoms with E-state index in [1.54, 1.807) is 13.0 Å². The normalized spacial score (nSPS) is 18.8. The highest BCUT2D eigenvalue weighted by molar-refractivity contribution is 6.00. The van der Waals surface area contributed by atoms with Crippen molar-refractivity contribution in [2.75, 3.05) is 6.54 Å². The van der Waals surface area contributed by atoms with Gasteiger partial charge in [-0.3, -0.25) is 4.79 Å². The molecule has 0 radical (unpaired) electrons. The van der Waals surface area contributed by atoms with E-state index in [0.717, 1.165) is 31.4 Å². The van der Waals surface area contributed by atoms with E-state index in [0.29, 0.717) is 41.1 Å². The van der Waals surface area contributed by atoms with Gasteiger partial charge in [0.1, 0.15) is 5.75 Å². The zero-order chi connectivity index (χ0) is 23.6. The molecular formula is C23H25F3N4O3. The van der Waals surface area contributed by atoms with Crippen LogP contribution in [0.1, 0.15) is 59.4 Å². The summed E-state index contributed by atoms with van der Waals surface area (Å²) in [6.45, 7) is 4.15. The molecule has 0 bridgehead atoms. The van der Waals surface area contributed by atoms with E-state index in [4.69, 9.17) is 4.42 Å². The first-order valence-corrected chi connectivity index (χ1v) is 10.8. The Morgan fingerprint density at radius 3 is 2.45 bits per heavy atom. The fraction of sp³-hybridized carbons (Fsp3) is 0.435. The molecule has 3 aromatic rings. The summed E-state index contributed by atoms with van der Waals surface area (Å²) in [5.74, 6) is 1.35. The van der Waals surface area contributed by atoms with Crippen LogP contribution in [0.4, 0.5) is 13.2 Å². The molecule has 33 heavy (non-hydrogen) atoms. The van der Waals surface area contributed by atoms with Gasteiger partial charge in [-0.15, -0.1) is 23.4 Å². The molecule has 2 heterocycles. The van der Waals surface area contributed by atoms with Crippen LogP contribution in [0.2, 0.25) is 0 Å². The van der Waals surface area contributed by atoms with E-state index in [1.807, 2.05) is 6.92 Å². The highest BCUT2D eigenvalue weighted by Crippen LogP contribution is 2.35. The number of aromatic amines is 1. The molecule has 0 saturated heterocycles. The SMILES string of the molecule is Cc1cc(C(=O)NCC2CCC(c3nnc(C)o3)CC2)c(-c2ccc(OC(F)(F)F)cc2)[nH]1. The number of ether oxygens (including phenoxy) is 1. The van der Waals surface area contributed by atoms with Gasteiger partial charge in [-0.05, 0) is 74.4 Å². The minimum absolute atomic E-state index is 0.223. The Hall–Kier alpha value is -3.30. The predicted molar refractivity (Wildman–Crippen MR) is 114 cm³/mol. The van der Waals surface area contributed by atoms with Crippen LogP contribution in [0, 0.1) is 19.8 Å². The zero-order valence-electron chi connectivity index (χ0n) is 18.3. The second-order valence-corrected chi connectivity index (χ2v) is 8.40. The number of aromatic nitrogens is 3. The Morgan fingerprint density at radius 2 is 1.85 bits per heavy atom. The number of carbonyl (C=O) groups is 1. The van der Waals surface area contributed by atoms with E-state index in [9.17, 15) is 18.0 Å². The van der Waals surface area contributed by atoms with Gasteiger partial charge in [0.05, 0.1) is 11.3 Å². The van der Waals surface area contributed by atoms with Gasteiger partial charge in [-0.2, -0.15) is 0 Å². The average molecular weight is 462 g/mol. The summed E-state index contributed by atoms with van der Waals surface area (Å²) >= 11 is 0. The van der Waals surface area contributed by atoms with Crippen molar-refractivity contribution in [2.24, 2.45) is 5.92 Å². The fourth-order valence-electron chi connectivity index (χ4n) is 4.24. The highest BCUT2D eigenvalue weighted by atomic mass is 19.4. The van der Waals surface area contributed by atoms with E-state index < -0.39 is 6.36 Å². The van der Waals surface area contributed by atoms with Crippen molar-refractivity contribution < 1.29 is 27.1 Å². The van der Waals surface area contributed by atoms with Gasteiger partial charge in [-0.25, -0.2) is 0 Å². The number of aryl methyl sites for hydroxylation is 2. The van der Waals surface area contributed by atoms with Crippen LogP contribution >= 0.6 is 0 Å². The highest BCUT2D eigenvalue weighted by Gasteiger charge is 2.31. The number of amides is 1. The maximum atomic E-state index is 12.9. The van der Waals surface area contributed by atoms with E-state index in [-0.39, 0.29) is 17.6 Å². The molecule has 2 N–H and O–H groups in total. The number of hydrogen-bond acceptors (Lipinski definition) is 5. The maximum absolute atomic E-state index is 12.9. The lowest BCUT2D eigenvalue weighted by Gasteiger charge is -2.26. The van der Waals surface area contributed by atoms with Gasteiger partial charge in [-0.1, -0.05) is 0 Å². The minimum Gasteiger partial charge on any atom is -0.425 e. The number of rotatable bonds is 6. The molecule has 176 valence electrons. The van der Waals surface area contributed by atoms with E-state index in [2.05, 4.69) is 25.2 Å². The molecule has 1 saturated carbocycles. The lowest BCUT2D eigenvalue weighted by Crippen LogP contribution is -2.31. The molecule has 0 unspecified atom stereocenters. The van der Waals surface area contributed by atoms with Gasteiger partial charge < -0.3 is 19.5 Å². The Labute approximate surface area is 188 Å². The lowest BCUT2D eigenvalue weighted by atomic mass is 9.82. The molecular weight excluding hydrogens is 437 g/mol. The molecule has 1 fully saturated rings. The summed E-state index contributed by atoms with van der Waals surface area (Å²) in [5, 5.41) is 11.0. The summed E-state index contributed by atoms with van der Waals surface area (Å²) in [6, 6.07) is 7.17. The summed E-state index contributed by atoms with van der Waals surface area (Å²) in [7, 11) is 0. The molecule has 0 aliphatic heterocycles. The Morgan fingerprint density at radius 1 is 1.15 bits per heavy atom. The smallest absolute Gasteiger partial charge is 0.425 e. The molecule has 0 atom stereocenters. The molecule has 10 heteroatoms. The van der Waals surface area contributed by atoms with Crippen LogP contribution < -0.4 is 10.1 Å². The number of hydrogen-bond donors (Lipinski definition) is 2. The Kier molecular flexibility index (Phi) is 6.44. The van der Waals surface area contributed by atoms with Gasteiger partial charge in [0, 0.05) is 25.1 Å². The molecule has 4 rings (SSSR count). The summed E-state index contributed by atoms with van der Waals surface area (Å²) < 4.78 is 46.6. The molecule has 1 amide bonds. The first-order valence-electron chi connectivity index (χ1n) is 10.8. The Bertz CT molecular complexity index is 1100. The molecule has 1 aromatic carbocycles. The van der Waals surface area contributed by atoms with Gasteiger partial charge in [0.2, 0.25) is 11.8 Å². The van der Waals surface area contributed by atoms with Crippen molar-refractivity contribution in [3.8, 4) is 17.0 Å². The van der Waals surface area contributed by atoms with Crippen LogP contribution in [-0.2, 0) is 0 Å². The molecule has 7 nitrogen and oxygen atoms in total. The van der Waals surface area contributed by atoms with Gasteiger partial charge >= 0.3 is 6.36 Å². The summed E-state index contributed by atoms with van der Waals surface area (Å²) in [4.78, 5) is 16.0. The number of H-pyrrole nitrogens is 1. The topological polar surface area (TPSA) is 93.0 Å². The Balaban J connectivity index is 1.36.